The Hall–Kier alpha value is 0.0849. The molecule has 0 N–H and O–H groups in total. The highest BCUT2D eigenvalue weighted by molar-refractivity contribution is 9.10. The van der Waals surface area contributed by atoms with Gasteiger partial charge in [-0.15, -0.1) is 0 Å². The molecule has 0 aromatic carbocycles. The van der Waals surface area contributed by atoms with E-state index >= 15 is 0 Å². The average Bonchev–Trinajstić information content (AvgIpc) is 2.34. The Kier molecular flexibility index (Phi) is 5.42. The molecule has 2 aliphatic rings. The van der Waals surface area contributed by atoms with Crippen molar-refractivity contribution in [3.05, 3.63) is 12.3 Å². The van der Waals surface area contributed by atoms with Gasteiger partial charge in [0, 0.05) is 21.6 Å². The predicted molar refractivity (Wildman–Crippen MR) is 106 cm³/mol. The predicted octanol–water partition coefficient (Wildman–Crippen LogP) is 6.09. The molecule has 2 radical (unpaired) electrons. The quantitative estimate of drug-likeness (QED) is 0.412. The highest BCUT2D eigenvalue weighted by Crippen LogP contribution is 2.61. The number of rotatable bonds is 5. The normalized spacial score (nSPS) is 40.5. The second-order valence-electron chi connectivity index (χ2n) is 9.32. The van der Waals surface area contributed by atoms with Crippen molar-refractivity contribution in [2.45, 2.75) is 101 Å². The molecule has 4 unspecified atom stereocenters. The summed E-state index contributed by atoms with van der Waals surface area (Å²) in [5.74, 6) is 1.19. The van der Waals surface area contributed by atoms with E-state index in [4.69, 9.17) is 7.85 Å². The number of hydrogen-bond donors (Lipinski definition) is 0. The summed E-state index contributed by atoms with van der Waals surface area (Å²) in [5.41, 5.74) is 1.43. The van der Waals surface area contributed by atoms with Crippen LogP contribution in [0.5, 0.6) is 0 Å². The van der Waals surface area contributed by atoms with Crippen molar-refractivity contribution < 1.29 is 0 Å². The van der Waals surface area contributed by atoms with Gasteiger partial charge < -0.3 is 4.90 Å². The molecule has 0 aliphatic heterocycles. The lowest BCUT2D eigenvalue weighted by atomic mass is 9.49. The van der Waals surface area contributed by atoms with Crippen molar-refractivity contribution in [2.24, 2.45) is 11.8 Å². The van der Waals surface area contributed by atoms with Gasteiger partial charge in [0.25, 0.3) is 0 Å². The lowest BCUT2D eigenvalue weighted by molar-refractivity contribution is -0.0304. The largest absolute Gasteiger partial charge is 0.367 e. The van der Waals surface area contributed by atoms with Crippen LogP contribution in [0, 0.1) is 11.8 Å². The summed E-state index contributed by atoms with van der Waals surface area (Å²) >= 11 is 4.13. The zero-order chi connectivity index (χ0) is 17.6. The van der Waals surface area contributed by atoms with Crippen molar-refractivity contribution in [1.82, 2.24) is 4.90 Å². The van der Waals surface area contributed by atoms with Crippen LogP contribution in [0.2, 0.25) is 5.31 Å². The Morgan fingerprint density at radius 1 is 1.22 bits per heavy atom. The third-order valence-corrected chi connectivity index (χ3v) is 7.26. The molecule has 2 fully saturated rings. The van der Waals surface area contributed by atoms with Crippen molar-refractivity contribution >= 4 is 23.8 Å². The smallest absolute Gasteiger partial charge is 0.0743 e. The van der Waals surface area contributed by atoms with Gasteiger partial charge >= 0.3 is 0 Å². The first-order valence-electron chi connectivity index (χ1n) is 9.39. The SMILES string of the molecule is [B]C1(C)CC2CC(Br)(CC)CC(N(C(=C)C(C)C)C(C)C)(C2)C1. The Morgan fingerprint density at radius 2 is 1.83 bits per heavy atom. The molecular formula is C20H35BBrN. The Labute approximate surface area is 154 Å². The first kappa shape index (κ1) is 19.4. The number of nitrogens with zero attached hydrogens (tertiary/aromatic N) is 1. The van der Waals surface area contributed by atoms with E-state index < -0.39 is 0 Å². The molecule has 0 aromatic rings. The maximum absolute atomic E-state index is 6.73. The molecule has 2 saturated carbocycles. The molecule has 0 spiro atoms. The molecule has 2 bridgehead atoms. The van der Waals surface area contributed by atoms with Crippen LogP contribution in [-0.2, 0) is 0 Å². The Balaban J connectivity index is 2.48. The van der Waals surface area contributed by atoms with Gasteiger partial charge in [-0.25, -0.2) is 0 Å². The summed E-state index contributed by atoms with van der Waals surface area (Å²) in [5, 5.41) is -0.0601. The van der Waals surface area contributed by atoms with E-state index in [-0.39, 0.29) is 15.2 Å². The van der Waals surface area contributed by atoms with Crippen LogP contribution in [0.3, 0.4) is 0 Å². The van der Waals surface area contributed by atoms with Crippen LogP contribution in [0.25, 0.3) is 0 Å². The maximum atomic E-state index is 6.73. The standard InChI is InChI=1S/C20H35BBrN/c1-8-19(22)10-17-9-18(7,21)12-20(11-17,13-19)23(15(4)5)16(6)14(2)3/h14-15,17H,6,8-13H2,1-5,7H3. The van der Waals surface area contributed by atoms with E-state index in [1.807, 2.05) is 0 Å². The molecule has 4 atom stereocenters. The van der Waals surface area contributed by atoms with Crippen LogP contribution < -0.4 is 0 Å². The van der Waals surface area contributed by atoms with Gasteiger partial charge in [-0.1, -0.05) is 61.9 Å². The van der Waals surface area contributed by atoms with Crippen LogP contribution >= 0.6 is 15.9 Å². The molecule has 2 aliphatic carbocycles. The van der Waals surface area contributed by atoms with Crippen molar-refractivity contribution in [3.63, 3.8) is 0 Å². The molecule has 1 nitrogen and oxygen atoms in total. The molecule has 0 saturated heterocycles. The molecule has 2 rings (SSSR count). The number of alkyl halides is 1. The summed E-state index contributed by atoms with van der Waals surface area (Å²) in [6.45, 7) is 18.2. The van der Waals surface area contributed by atoms with E-state index in [1.54, 1.807) is 0 Å². The lowest BCUT2D eigenvalue weighted by Gasteiger charge is -2.63. The highest BCUT2D eigenvalue weighted by Gasteiger charge is 2.55. The van der Waals surface area contributed by atoms with Gasteiger partial charge in [-0.2, -0.15) is 0 Å². The molecule has 130 valence electrons. The number of allylic oxidation sites excluding steroid dienone is 1. The van der Waals surface area contributed by atoms with Gasteiger partial charge in [0.1, 0.15) is 0 Å². The first-order chi connectivity index (χ1) is 10.4. The van der Waals surface area contributed by atoms with Gasteiger partial charge in [-0.3, -0.25) is 0 Å². The second kappa shape index (κ2) is 6.43. The van der Waals surface area contributed by atoms with E-state index in [2.05, 4.69) is 69.0 Å². The minimum Gasteiger partial charge on any atom is -0.367 e. The van der Waals surface area contributed by atoms with E-state index in [0.29, 0.717) is 17.9 Å². The van der Waals surface area contributed by atoms with E-state index in [1.165, 1.54) is 31.4 Å². The summed E-state index contributed by atoms with van der Waals surface area (Å²) in [6.07, 6.45) is 7.14. The van der Waals surface area contributed by atoms with Gasteiger partial charge in [0.2, 0.25) is 0 Å². The summed E-state index contributed by atoms with van der Waals surface area (Å²) in [7, 11) is 6.73. The van der Waals surface area contributed by atoms with Crippen LogP contribution in [-0.4, -0.2) is 28.7 Å². The monoisotopic (exact) mass is 379 g/mol. The third-order valence-electron chi connectivity index (χ3n) is 6.09. The van der Waals surface area contributed by atoms with Gasteiger partial charge in [0.15, 0.2) is 0 Å². The van der Waals surface area contributed by atoms with Gasteiger partial charge in [0.05, 0.1) is 7.85 Å². The average molecular weight is 380 g/mol. The number of halogens is 1. The fraction of sp³-hybridized carbons (Fsp3) is 0.900. The fourth-order valence-corrected chi connectivity index (χ4v) is 6.60. The topological polar surface area (TPSA) is 3.24 Å². The summed E-state index contributed by atoms with van der Waals surface area (Å²) in [6, 6.07) is 0.464. The van der Waals surface area contributed by atoms with Gasteiger partial charge in [-0.05, 0) is 57.8 Å². The molecule has 3 heteroatoms. The van der Waals surface area contributed by atoms with Crippen molar-refractivity contribution in [3.8, 4) is 0 Å². The minimum atomic E-state index is -0.0601. The molecule has 0 heterocycles. The molecule has 23 heavy (non-hydrogen) atoms. The summed E-state index contributed by atoms with van der Waals surface area (Å²) < 4.78 is 0.261. The Morgan fingerprint density at radius 3 is 2.30 bits per heavy atom. The third kappa shape index (κ3) is 3.85. The van der Waals surface area contributed by atoms with Crippen LogP contribution in [0.4, 0.5) is 0 Å². The summed E-state index contributed by atoms with van der Waals surface area (Å²) in [4.78, 5) is 2.65. The van der Waals surface area contributed by atoms with Crippen molar-refractivity contribution in [1.29, 1.82) is 0 Å². The minimum absolute atomic E-state index is 0.0601. The first-order valence-corrected chi connectivity index (χ1v) is 10.2. The molecule has 0 aromatic heterocycles. The van der Waals surface area contributed by atoms with Crippen molar-refractivity contribution in [2.75, 3.05) is 0 Å². The number of fused-ring (bicyclic) bond motifs is 2. The van der Waals surface area contributed by atoms with Crippen LogP contribution in [0.1, 0.15) is 80.1 Å². The Bertz CT molecular complexity index is 459. The lowest BCUT2D eigenvalue weighted by Crippen LogP contribution is -2.62. The van der Waals surface area contributed by atoms with Crippen LogP contribution in [0.15, 0.2) is 12.3 Å². The fourth-order valence-electron chi connectivity index (χ4n) is 5.62. The highest BCUT2D eigenvalue weighted by atomic mass is 79.9. The second-order valence-corrected chi connectivity index (χ2v) is 11.0. The maximum Gasteiger partial charge on any atom is 0.0743 e. The van der Waals surface area contributed by atoms with E-state index in [9.17, 15) is 0 Å². The van der Waals surface area contributed by atoms with E-state index in [0.717, 1.165) is 12.8 Å². The molecule has 0 amide bonds. The molecular weight excluding hydrogens is 345 g/mol. The zero-order valence-electron chi connectivity index (χ0n) is 16.1. The number of hydrogen-bond acceptors (Lipinski definition) is 1. The zero-order valence-corrected chi connectivity index (χ0v) is 17.7.